The van der Waals surface area contributed by atoms with Gasteiger partial charge in [-0.1, -0.05) is 0 Å². The molecular weight excluding hydrogens is 226 g/mol. The number of rotatable bonds is 4. The second kappa shape index (κ2) is 5.17. The maximum atomic E-state index is 12.4. The Morgan fingerprint density at radius 2 is 2.00 bits per heavy atom. The summed E-state index contributed by atoms with van der Waals surface area (Å²) in [6.07, 6.45) is 5.79. The highest BCUT2D eigenvalue weighted by Gasteiger charge is 2.41. The number of carbonyl (C=O) groups is 1. The minimum absolute atomic E-state index is 0.213. The fourth-order valence-electron chi connectivity index (χ4n) is 3.08. The number of nitrogens with one attached hydrogen (secondary N) is 2. The lowest BCUT2D eigenvalue weighted by Crippen LogP contribution is -2.59. The van der Waals surface area contributed by atoms with E-state index < -0.39 is 0 Å². The van der Waals surface area contributed by atoms with Gasteiger partial charge >= 0.3 is 0 Å². The van der Waals surface area contributed by atoms with Crippen LogP contribution in [0, 0.1) is 5.41 Å². The summed E-state index contributed by atoms with van der Waals surface area (Å²) >= 11 is 0. The Kier molecular flexibility index (Phi) is 3.97. The van der Waals surface area contributed by atoms with Crippen LogP contribution in [0.5, 0.6) is 0 Å². The molecule has 0 aromatic rings. The van der Waals surface area contributed by atoms with Gasteiger partial charge in [-0.2, -0.15) is 0 Å². The molecule has 2 aliphatic rings. The second-order valence-corrected chi connectivity index (χ2v) is 6.50. The Bertz CT molecular complexity index is 304. The van der Waals surface area contributed by atoms with Crippen LogP contribution >= 0.6 is 0 Å². The minimum Gasteiger partial charge on any atom is -0.354 e. The first-order chi connectivity index (χ1) is 8.49. The zero-order valence-corrected chi connectivity index (χ0v) is 12.0. The summed E-state index contributed by atoms with van der Waals surface area (Å²) in [6, 6.07) is 0. The summed E-state index contributed by atoms with van der Waals surface area (Å²) in [4.78, 5) is 14.6. The first kappa shape index (κ1) is 13.8. The summed E-state index contributed by atoms with van der Waals surface area (Å²) in [7, 11) is 4.24. The van der Waals surface area contributed by atoms with Gasteiger partial charge in [0.2, 0.25) is 5.91 Å². The quantitative estimate of drug-likeness (QED) is 0.785. The van der Waals surface area contributed by atoms with E-state index in [1.807, 2.05) is 0 Å². The number of hydrogen-bond donors (Lipinski definition) is 2. The van der Waals surface area contributed by atoms with Crippen molar-refractivity contribution in [1.82, 2.24) is 15.5 Å². The van der Waals surface area contributed by atoms with Crippen molar-refractivity contribution >= 4 is 5.91 Å². The van der Waals surface area contributed by atoms with E-state index in [2.05, 4.69) is 36.6 Å². The van der Waals surface area contributed by atoms with E-state index in [1.165, 1.54) is 19.3 Å². The van der Waals surface area contributed by atoms with Crippen LogP contribution in [-0.4, -0.2) is 50.1 Å². The third-order valence-corrected chi connectivity index (χ3v) is 4.96. The van der Waals surface area contributed by atoms with E-state index >= 15 is 0 Å². The van der Waals surface area contributed by atoms with E-state index in [-0.39, 0.29) is 16.9 Å². The summed E-state index contributed by atoms with van der Waals surface area (Å²) in [5.74, 6) is 0.225. The van der Waals surface area contributed by atoms with E-state index in [9.17, 15) is 4.79 Å². The first-order valence-corrected chi connectivity index (χ1v) is 7.15. The van der Waals surface area contributed by atoms with Gasteiger partial charge in [0.15, 0.2) is 0 Å². The normalized spacial score (nSPS) is 30.9. The highest BCUT2D eigenvalue weighted by molar-refractivity contribution is 5.82. The van der Waals surface area contributed by atoms with Gasteiger partial charge in [-0.15, -0.1) is 0 Å². The Balaban J connectivity index is 1.87. The molecule has 1 unspecified atom stereocenters. The summed E-state index contributed by atoms with van der Waals surface area (Å²) in [5.41, 5.74) is 0.00359. The molecule has 1 atom stereocenters. The highest BCUT2D eigenvalue weighted by atomic mass is 16.2. The molecule has 2 fully saturated rings. The Morgan fingerprint density at radius 1 is 1.28 bits per heavy atom. The molecule has 0 aromatic heterocycles. The van der Waals surface area contributed by atoms with E-state index in [0.29, 0.717) is 0 Å². The zero-order chi connectivity index (χ0) is 13.2. The predicted octanol–water partition coefficient (Wildman–Crippen LogP) is 0.977. The number of carbonyl (C=O) groups excluding carboxylic acids is 1. The molecule has 0 bridgehead atoms. The zero-order valence-electron chi connectivity index (χ0n) is 12.0. The van der Waals surface area contributed by atoms with Crippen molar-refractivity contribution in [2.24, 2.45) is 5.41 Å². The maximum absolute atomic E-state index is 12.4. The van der Waals surface area contributed by atoms with Crippen LogP contribution in [0.3, 0.4) is 0 Å². The molecule has 1 aliphatic heterocycles. The number of amides is 1. The molecule has 104 valence electrons. The van der Waals surface area contributed by atoms with E-state index in [4.69, 9.17) is 0 Å². The smallest absolute Gasteiger partial charge is 0.227 e. The predicted molar refractivity (Wildman–Crippen MR) is 73.5 cm³/mol. The molecule has 0 aromatic carbocycles. The molecule has 1 saturated carbocycles. The highest BCUT2D eigenvalue weighted by Crippen LogP contribution is 2.36. The average molecular weight is 253 g/mol. The fraction of sp³-hybridized carbons (Fsp3) is 0.929. The summed E-state index contributed by atoms with van der Waals surface area (Å²) in [6.45, 7) is 4.74. The molecule has 1 saturated heterocycles. The number of piperidine rings is 1. The van der Waals surface area contributed by atoms with Crippen LogP contribution in [0.2, 0.25) is 0 Å². The summed E-state index contributed by atoms with van der Waals surface area (Å²) in [5, 5.41) is 6.53. The molecule has 0 spiro atoms. The minimum atomic E-state index is -0.213. The van der Waals surface area contributed by atoms with E-state index in [1.54, 1.807) is 0 Å². The molecule has 2 N–H and O–H groups in total. The van der Waals surface area contributed by atoms with Crippen LogP contribution in [0.25, 0.3) is 0 Å². The molecule has 1 aliphatic carbocycles. The third kappa shape index (κ3) is 2.54. The van der Waals surface area contributed by atoms with Gasteiger partial charge in [-0.25, -0.2) is 0 Å². The number of hydrogen-bond acceptors (Lipinski definition) is 3. The Labute approximate surface area is 110 Å². The SMILES string of the molecule is CN(C)C1(CNC(=O)C2(C)CCCNC2)CCC1. The van der Waals surface area contributed by atoms with Gasteiger partial charge in [0.1, 0.15) is 0 Å². The standard InChI is InChI=1S/C14H27N3O/c1-13(6-5-9-15-10-13)12(18)16-11-14(17(2)3)7-4-8-14/h15H,4-11H2,1-3H3,(H,16,18). The van der Waals surface area contributed by atoms with Crippen molar-refractivity contribution in [3.63, 3.8) is 0 Å². The van der Waals surface area contributed by atoms with Crippen molar-refractivity contribution < 1.29 is 4.79 Å². The molecule has 0 radical (unpaired) electrons. The number of nitrogens with zero attached hydrogens (tertiary/aromatic N) is 1. The molecule has 1 heterocycles. The van der Waals surface area contributed by atoms with Gasteiger partial charge in [-0.05, 0) is 59.7 Å². The molecular formula is C14H27N3O. The lowest BCUT2D eigenvalue weighted by molar-refractivity contribution is -0.132. The van der Waals surface area contributed by atoms with E-state index in [0.717, 1.165) is 32.5 Å². The summed E-state index contributed by atoms with van der Waals surface area (Å²) < 4.78 is 0. The van der Waals surface area contributed by atoms with Crippen molar-refractivity contribution in [1.29, 1.82) is 0 Å². The lowest BCUT2D eigenvalue weighted by Gasteiger charge is -2.48. The van der Waals surface area contributed by atoms with Gasteiger partial charge in [-0.3, -0.25) is 4.79 Å². The molecule has 4 heteroatoms. The third-order valence-electron chi connectivity index (χ3n) is 4.96. The lowest BCUT2D eigenvalue weighted by atomic mass is 9.75. The van der Waals surface area contributed by atoms with Gasteiger partial charge in [0, 0.05) is 18.6 Å². The molecule has 2 rings (SSSR count). The second-order valence-electron chi connectivity index (χ2n) is 6.50. The maximum Gasteiger partial charge on any atom is 0.227 e. The fourth-order valence-corrected chi connectivity index (χ4v) is 3.08. The van der Waals surface area contributed by atoms with Crippen molar-refractivity contribution in [2.75, 3.05) is 33.7 Å². The largest absolute Gasteiger partial charge is 0.354 e. The monoisotopic (exact) mass is 253 g/mol. The number of likely N-dealkylation sites (N-methyl/N-ethyl adjacent to an activating group) is 1. The van der Waals surface area contributed by atoms with Crippen molar-refractivity contribution in [2.45, 2.75) is 44.6 Å². The van der Waals surface area contributed by atoms with Crippen molar-refractivity contribution in [3.8, 4) is 0 Å². The molecule has 18 heavy (non-hydrogen) atoms. The first-order valence-electron chi connectivity index (χ1n) is 7.15. The van der Waals surface area contributed by atoms with Gasteiger partial charge in [0.25, 0.3) is 0 Å². The average Bonchev–Trinajstić information content (AvgIpc) is 2.27. The molecule has 1 amide bonds. The van der Waals surface area contributed by atoms with Crippen LogP contribution in [0.1, 0.15) is 39.0 Å². The van der Waals surface area contributed by atoms with Gasteiger partial charge < -0.3 is 15.5 Å². The van der Waals surface area contributed by atoms with Gasteiger partial charge in [0.05, 0.1) is 5.41 Å². The van der Waals surface area contributed by atoms with Crippen LogP contribution in [-0.2, 0) is 4.79 Å². The molecule has 4 nitrogen and oxygen atoms in total. The van der Waals surface area contributed by atoms with Crippen LogP contribution in [0.4, 0.5) is 0 Å². The van der Waals surface area contributed by atoms with Crippen molar-refractivity contribution in [3.05, 3.63) is 0 Å². The topological polar surface area (TPSA) is 44.4 Å². The Hall–Kier alpha value is -0.610. The van der Waals surface area contributed by atoms with Crippen LogP contribution in [0.15, 0.2) is 0 Å². The van der Waals surface area contributed by atoms with Crippen LogP contribution < -0.4 is 10.6 Å². The Morgan fingerprint density at radius 3 is 2.44 bits per heavy atom.